The first-order valence-electron chi connectivity index (χ1n) is 10.3. The maximum absolute atomic E-state index is 11.2. The number of aromatic carboxylic acids is 1. The summed E-state index contributed by atoms with van der Waals surface area (Å²) >= 11 is 0. The molecular weight excluding hydrogens is 366 g/mol. The van der Waals surface area contributed by atoms with E-state index in [9.17, 15) is 9.90 Å². The van der Waals surface area contributed by atoms with Crippen LogP contribution in [0.15, 0.2) is 48.7 Å². The highest BCUT2D eigenvalue weighted by Gasteiger charge is 2.41. The second kappa shape index (κ2) is 8.51. The molecule has 6 heteroatoms. The highest BCUT2D eigenvalue weighted by atomic mass is 16.5. The van der Waals surface area contributed by atoms with Crippen LogP contribution in [-0.2, 0) is 4.74 Å². The van der Waals surface area contributed by atoms with Crippen molar-refractivity contribution >= 4 is 11.7 Å². The summed E-state index contributed by atoms with van der Waals surface area (Å²) in [4.78, 5) is 17.4. The highest BCUT2D eigenvalue weighted by Crippen LogP contribution is 2.42. The smallest absolute Gasteiger partial charge is 0.354 e. The lowest BCUT2D eigenvalue weighted by Gasteiger charge is -2.42. The van der Waals surface area contributed by atoms with Crippen LogP contribution in [0.2, 0.25) is 0 Å². The summed E-state index contributed by atoms with van der Waals surface area (Å²) in [6.07, 6.45) is 4.81. The first-order chi connectivity index (χ1) is 14.1. The maximum Gasteiger partial charge on any atom is 0.354 e. The Bertz CT molecular complexity index is 834. The van der Waals surface area contributed by atoms with Gasteiger partial charge in [0.05, 0.1) is 6.61 Å². The predicted molar refractivity (Wildman–Crippen MR) is 113 cm³/mol. The SMILES string of the molecule is COCC1(CN[C@@H]2CC2c2ccccc2)CCN(c2ccnc(C(=O)O)c2)CC1. The molecular formula is C23H29N3O3. The predicted octanol–water partition coefficient (Wildman–Crippen LogP) is 3.16. The molecule has 1 aliphatic heterocycles. The standard InChI is InChI=1S/C23H29N3O3/c1-29-16-23(15-25-20-14-19(20)17-5-3-2-4-6-17)8-11-26(12-9-23)18-7-10-24-21(13-18)22(27)28/h2-7,10,13,19-20,25H,8-9,11-12,14-16H2,1H3,(H,27,28)/t19?,20-/m1/s1. The van der Waals surface area contributed by atoms with Crippen molar-refractivity contribution in [2.45, 2.75) is 31.2 Å². The van der Waals surface area contributed by atoms with E-state index in [2.05, 4.69) is 45.5 Å². The number of rotatable bonds is 8. The summed E-state index contributed by atoms with van der Waals surface area (Å²) in [7, 11) is 1.78. The van der Waals surface area contributed by atoms with E-state index in [-0.39, 0.29) is 11.1 Å². The first-order valence-corrected chi connectivity index (χ1v) is 10.3. The van der Waals surface area contributed by atoms with Gasteiger partial charge in [-0.05, 0) is 37.0 Å². The van der Waals surface area contributed by atoms with Crippen LogP contribution < -0.4 is 10.2 Å². The molecule has 6 nitrogen and oxygen atoms in total. The molecule has 0 bridgehead atoms. The largest absolute Gasteiger partial charge is 0.477 e. The summed E-state index contributed by atoms with van der Waals surface area (Å²) in [5.41, 5.74) is 2.58. The van der Waals surface area contributed by atoms with Crippen molar-refractivity contribution in [3.8, 4) is 0 Å². The Morgan fingerprint density at radius 1 is 1.28 bits per heavy atom. The molecule has 1 saturated carbocycles. The fraction of sp³-hybridized carbons (Fsp3) is 0.478. The number of hydrogen-bond acceptors (Lipinski definition) is 5. The van der Waals surface area contributed by atoms with E-state index in [0.717, 1.165) is 44.8 Å². The third kappa shape index (κ3) is 4.60. The van der Waals surface area contributed by atoms with Crippen LogP contribution in [0, 0.1) is 5.41 Å². The molecule has 29 heavy (non-hydrogen) atoms. The number of anilines is 1. The minimum absolute atomic E-state index is 0.0959. The molecule has 1 saturated heterocycles. The summed E-state index contributed by atoms with van der Waals surface area (Å²) in [5, 5.41) is 13.0. The molecule has 1 aliphatic carbocycles. The van der Waals surface area contributed by atoms with E-state index in [0.29, 0.717) is 12.0 Å². The lowest BCUT2D eigenvalue weighted by Crippen LogP contribution is -2.48. The van der Waals surface area contributed by atoms with E-state index < -0.39 is 5.97 Å². The number of carbonyl (C=O) groups is 1. The van der Waals surface area contributed by atoms with Crippen LogP contribution in [0.1, 0.15) is 41.2 Å². The van der Waals surface area contributed by atoms with Crippen molar-refractivity contribution in [2.24, 2.45) is 5.41 Å². The number of ether oxygens (including phenoxy) is 1. The molecule has 0 radical (unpaired) electrons. The Labute approximate surface area is 171 Å². The van der Waals surface area contributed by atoms with Crippen LogP contribution in [-0.4, -0.2) is 55.5 Å². The van der Waals surface area contributed by atoms with E-state index in [1.807, 2.05) is 6.07 Å². The van der Waals surface area contributed by atoms with Gasteiger partial charge >= 0.3 is 5.97 Å². The van der Waals surface area contributed by atoms with Gasteiger partial charge in [0.1, 0.15) is 5.69 Å². The number of carboxylic acid groups (broad SMARTS) is 1. The molecule has 1 aromatic carbocycles. The van der Waals surface area contributed by atoms with Gasteiger partial charge in [0.25, 0.3) is 0 Å². The molecule has 2 aromatic rings. The molecule has 154 valence electrons. The molecule has 2 atom stereocenters. The zero-order valence-electron chi connectivity index (χ0n) is 16.9. The van der Waals surface area contributed by atoms with Gasteiger partial charge in [-0.2, -0.15) is 0 Å². The van der Waals surface area contributed by atoms with Gasteiger partial charge < -0.3 is 20.1 Å². The van der Waals surface area contributed by atoms with Crippen molar-refractivity contribution in [2.75, 3.05) is 38.3 Å². The minimum atomic E-state index is -0.987. The molecule has 2 fully saturated rings. The molecule has 1 aromatic heterocycles. The fourth-order valence-corrected chi connectivity index (χ4v) is 4.49. The van der Waals surface area contributed by atoms with Gasteiger partial charge in [-0.15, -0.1) is 0 Å². The molecule has 1 unspecified atom stereocenters. The van der Waals surface area contributed by atoms with Crippen LogP contribution in [0.5, 0.6) is 0 Å². The number of methoxy groups -OCH3 is 1. The van der Waals surface area contributed by atoms with E-state index in [1.54, 1.807) is 19.4 Å². The zero-order chi connectivity index (χ0) is 20.3. The van der Waals surface area contributed by atoms with Gasteiger partial charge in [0.15, 0.2) is 0 Å². The lowest BCUT2D eigenvalue weighted by atomic mass is 9.78. The second-order valence-electron chi connectivity index (χ2n) is 8.36. The molecule has 4 rings (SSSR count). The number of hydrogen-bond donors (Lipinski definition) is 2. The normalized spacial score (nSPS) is 23.0. The fourth-order valence-electron chi connectivity index (χ4n) is 4.49. The van der Waals surface area contributed by atoms with E-state index >= 15 is 0 Å². The van der Waals surface area contributed by atoms with Crippen molar-refractivity contribution in [1.82, 2.24) is 10.3 Å². The summed E-state index contributed by atoms with van der Waals surface area (Å²) in [5.74, 6) is -0.360. The zero-order valence-corrected chi connectivity index (χ0v) is 16.9. The first kappa shape index (κ1) is 19.9. The summed E-state index contributed by atoms with van der Waals surface area (Å²) in [6, 6.07) is 14.8. The minimum Gasteiger partial charge on any atom is -0.477 e. The number of aromatic nitrogens is 1. The quantitative estimate of drug-likeness (QED) is 0.715. The summed E-state index contributed by atoms with van der Waals surface area (Å²) < 4.78 is 5.59. The van der Waals surface area contributed by atoms with Gasteiger partial charge in [-0.1, -0.05) is 30.3 Å². The molecule has 0 spiro atoms. The van der Waals surface area contributed by atoms with Crippen LogP contribution in [0.4, 0.5) is 5.69 Å². The number of nitrogens with zero attached hydrogens (tertiary/aromatic N) is 2. The molecule has 2 heterocycles. The van der Waals surface area contributed by atoms with E-state index in [4.69, 9.17) is 4.74 Å². The topological polar surface area (TPSA) is 74.7 Å². The lowest BCUT2D eigenvalue weighted by molar-refractivity contribution is 0.0582. The van der Waals surface area contributed by atoms with Crippen LogP contribution >= 0.6 is 0 Å². The average Bonchev–Trinajstić information content (AvgIpc) is 3.54. The van der Waals surface area contributed by atoms with Crippen LogP contribution in [0.25, 0.3) is 0 Å². The van der Waals surface area contributed by atoms with Crippen molar-refractivity contribution in [3.05, 3.63) is 59.9 Å². The number of nitrogens with one attached hydrogen (secondary N) is 1. The van der Waals surface area contributed by atoms with Crippen molar-refractivity contribution in [3.63, 3.8) is 0 Å². The van der Waals surface area contributed by atoms with E-state index in [1.165, 1.54) is 12.0 Å². The molecule has 2 N–H and O–H groups in total. The third-order valence-electron chi connectivity index (χ3n) is 6.36. The van der Waals surface area contributed by atoms with Gasteiger partial charge in [0, 0.05) is 56.0 Å². The van der Waals surface area contributed by atoms with Gasteiger partial charge in [-0.25, -0.2) is 9.78 Å². The van der Waals surface area contributed by atoms with Crippen LogP contribution in [0.3, 0.4) is 0 Å². The Balaban J connectivity index is 1.34. The Hall–Kier alpha value is -2.44. The molecule has 2 aliphatic rings. The second-order valence-corrected chi connectivity index (χ2v) is 8.36. The van der Waals surface area contributed by atoms with Gasteiger partial charge in [0.2, 0.25) is 0 Å². The number of carboxylic acids is 1. The number of piperidine rings is 1. The monoisotopic (exact) mass is 395 g/mol. The summed E-state index contributed by atoms with van der Waals surface area (Å²) in [6.45, 7) is 3.48. The maximum atomic E-state index is 11.2. The number of pyridine rings is 1. The van der Waals surface area contributed by atoms with Crippen molar-refractivity contribution < 1.29 is 14.6 Å². The Morgan fingerprint density at radius 3 is 2.72 bits per heavy atom. The molecule has 0 amide bonds. The third-order valence-corrected chi connectivity index (χ3v) is 6.36. The Morgan fingerprint density at radius 2 is 2.03 bits per heavy atom. The van der Waals surface area contributed by atoms with Crippen molar-refractivity contribution in [1.29, 1.82) is 0 Å². The number of benzene rings is 1. The average molecular weight is 396 g/mol. The van der Waals surface area contributed by atoms with Gasteiger partial charge in [-0.3, -0.25) is 0 Å². The highest BCUT2D eigenvalue weighted by molar-refractivity contribution is 5.86. The Kier molecular flexibility index (Phi) is 5.83.